The Bertz CT molecular complexity index is 728. The van der Waals surface area contributed by atoms with Crippen molar-refractivity contribution in [1.82, 2.24) is 4.98 Å². The molecule has 0 saturated heterocycles. The Labute approximate surface area is 147 Å². The molecular formula is C17H18F3NO3S. The Balaban J connectivity index is 2.28. The number of nitrogens with zero attached hydrogens (tertiary/aromatic N) is 1. The van der Waals surface area contributed by atoms with Gasteiger partial charge >= 0.3 is 12.1 Å². The summed E-state index contributed by atoms with van der Waals surface area (Å²) in [5.74, 6) is -0.153. The highest BCUT2D eigenvalue weighted by molar-refractivity contribution is 7.09. The van der Waals surface area contributed by atoms with Gasteiger partial charge in [0, 0.05) is 17.4 Å². The highest BCUT2D eigenvalue weighted by Crippen LogP contribution is 2.33. The van der Waals surface area contributed by atoms with Crippen LogP contribution in [0.2, 0.25) is 0 Å². The van der Waals surface area contributed by atoms with Crippen LogP contribution < -0.4 is 4.74 Å². The summed E-state index contributed by atoms with van der Waals surface area (Å²) in [4.78, 5) is 15.8. The standard InChI is InChI=1S/C17H18F3NO3S/c1-3-7-24-14-6-5-12(17(18,19)20)8-11(14)9-15-21-13(10-25-15)16(22)23-4-2/h5-6,8,10H,3-4,7,9H2,1-2H3. The highest BCUT2D eigenvalue weighted by Gasteiger charge is 2.31. The summed E-state index contributed by atoms with van der Waals surface area (Å²) < 4.78 is 49.3. The van der Waals surface area contributed by atoms with Crippen molar-refractivity contribution >= 4 is 17.3 Å². The molecule has 1 aromatic heterocycles. The molecule has 0 atom stereocenters. The first kappa shape index (κ1) is 19.2. The zero-order valence-electron chi connectivity index (χ0n) is 13.9. The van der Waals surface area contributed by atoms with Gasteiger partial charge in [0.15, 0.2) is 5.69 Å². The van der Waals surface area contributed by atoms with Crippen LogP contribution in [0.1, 0.15) is 46.9 Å². The average Bonchev–Trinajstić information content (AvgIpc) is 3.01. The van der Waals surface area contributed by atoms with Gasteiger partial charge in [-0.3, -0.25) is 0 Å². The van der Waals surface area contributed by atoms with Gasteiger partial charge in [-0.1, -0.05) is 6.92 Å². The van der Waals surface area contributed by atoms with Crippen LogP contribution in [-0.2, 0) is 17.3 Å². The minimum atomic E-state index is -4.43. The molecule has 0 N–H and O–H groups in total. The first-order valence-electron chi connectivity index (χ1n) is 7.79. The monoisotopic (exact) mass is 373 g/mol. The average molecular weight is 373 g/mol. The summed E-state index contributed by atoms with van der Waals surface area (Å²) >= 11 is 1.20. The molecule has 0 bridgehead atoms. The Morgan fingerprint density at radius 1 is 1.28 bits per heavy atom. The highest BCUT2D eigenvalue weighted by atomic mass is 32.1. The van der Waals surface area contributed by atoms with Crippen molar-refractivity contribution in [3.63, 3.8) is 0 Å². The Hall–Kier alpha value is -2.09. The summed E-state index contributed by atoms with van der Waals surface area (Å²) in [5, 5.41) is 2.05. The number of ether oxygens (including phenoxy) is 2. The van der Waals surface area contributed by atoms with E-state index in [1.165, 1.54) is 22.8 Å². The van der Waals surface area contributed by atoms with E-state index in [1.807, 2.05) is 6.92 Å². The lowest BCUT2D eigenvalue weighted by Crippen LogP contribution is -2.08. The van der Waals surface area contributed by atoms with Crippen LogP contribution in [-0.4, -0.2) is 24.2 Å². The Morgan fingerprint density at radius 3 is 2.68 bits per heavy atom. The van der Waals surface area contributed by atoms with Gasteiger partial charge in [0.2, 0.25) is 0 Å². The molecule has 4 nitrogen and oxygen atoms in total. The first-order chi connectivity index (χ1) is 11.8. The first-order valence-corrected chi connectivity index (χ1v) is 8.67. The van der Waals surface area contributed by atoms with Crippen molar-refractivity contribution in [2.24, 2.45) is 0 Å². The van der Waals surface area contributed by atoms with Crippen molar-refractivity contribution < 1.29 is 27.4 Å². The molecule has 1 heterocycles. The minimum absolute atomic E-state index is 0.146. The van der Waals surface area contributed by atoms with Crippen LogP contribution in [0.25, 0.3) is 0 Å². The molecule has 0 radical (unpaired) electrons. The van der Waals surface area contributed by atoms with Gasteiger partial charge in [-0.15, -0.1) is 11.3 Å². The molecule has 8 heteroatoms. The van der Waals surface area contributed by atoms with E-state index in [1.54, 1.807) is 6.92 Å². The second kappa shape index (κ2) is 8.33. The fraction of sp³-hybridized carbons (Fsp3) is 0.412. The Morgan fingerprint density at radius 2 is 2.04 bits per heavy atom. The number of rotatable bonds is 7. The van der Waals surface area contributed by atoms with Crippen molar-refractivity contribution in [2.75, 3.05) is 13.2 Å². The van der Waals surface area contributed by atoms with E-state index in [2.05, 4.69) is 4.98 Å². The summed E-state index contributed by atoms with van der Waals surface area (Å²) in [6.45, 7) is 4.24. The maximum Gasteiger partial charge on any atom is 0.416 e. The lowest BCUT2D eigenvalue weighted by Gasteiger charge is -2.13. The van der Waals surface area contributed by atoms with Crippen LogP contribution in [0.4, 0.5) is 13.2 Å². The van der Waals surface area contributed by atoms with Crippen molar-refractivity contribution in [3.05, 3.63) is 45.4 Å². The molecule has 2 rings (SSSR count). The number of thiazole rings is 1. The largest absolute Gasteiger partial charge is 0.493 e. The molecule has 0 fully saturated rings. The van der Waals surface area contributed by atoms with Crippen molar-refractivity contribution in [3.8, 4) is 5.75 Å². The second-order valence-corrected chi connectivity index (χ2v) is 6.14. The molecule has 0 unspecified atom stereocenters. The molecule has 136 valence electrons. The molecule has 0 amide bonds. The number of halogens is 3. The van der Waals surface area contributed by atoms with Gasteiger partial charge in [-0.05, 0) is 31.5 Å². The van der Waals surface area contributed by atoms with Crippen LogP contribution >= 0.6 is 11.3 Å². The smallest absolute Gasteiger partial charge is 0.416 e. The van der Waals surface area contributed by atoms with Gasteiger partial charge in [-0.25, -0.2) is 9.78 Å². The zero-order chi connectivity index (χ0) is 18.4. The van der Waals surface area contributed by atoms with E-state index >= 15 is 0 Å². The van der Waals surface area contributed by atoms with Crippen molar-refractivity contribution in [2.45, 2.75) is 32.9 Å². The molecular weight excluding hydrogens is 355 g/mol. The quantitative estimate of drug-likeness (QED) is 0.659. The zero-order valence-corrected chi connectivity index (χ0v) is 14.7. The fourth-order valence-electron chi connectivity index (χ4n) is 2.10. The number of alkyl halides is 3. The van der Waals surface area contributed by atoms with Crippen LogP contribution in [0.15, 0.2) is 23.6 Å². The summed E-state index contributed by atoms with van der Waals surface area (Å²) in [5.41, 5.74) is -0.202. The number of carbonyl (C=O) groups is 1. The number of esters is 1. The van der Waals surface area contributed by atoms with Gasteiger partial charge in [0.1, 0.15) is 5.75 Å². The fourth-order valence-corrected chi connectivity index (χ4v) is 2.89. The van der Waals surface area contributed by atoms with E-state index in [0.717, 1.165) is 18.6 Å². The maximum absolute atomic E-state index is 13.0. The summed E-state index contributed by atoms with van der Waals surface area (Å²) in [6.07, 6.45) is -3.55. The molecule has 0 spiro atoms. The van der Waals surface area contributed by atoms with Gasteiger partial charge in [-0.2, -0.15) is 13.2 Å². The van der Waals surface area contributed by atoms with Gasteiger partial charge < -0.3 is 9.47 Å². The lowest BCUT2D eigenvalue weighted by molar-refractivity contribution is -0.137. The van der Waals surface area contributed by atoms with Crippen LogP contribution in [0, 0.1) is 0 Å². The van der Waals surface area contributed by atoms with Crippen molar-refractivity contribution in [1.29, 1.82) is 0 Å². The number of aromatic nitrogens is 1. The molecule has 25 heavy (non-hydrogen) atoms. The normalized spacial score (nSPS) is 11.4. The number of hydrogen-bond donors (Lipinski definition) is 0. The lowest BCUT2D eigenvalue weighted by atomic mass is 10.1. The van der Waals surface area contributed by atoms with E-state index in [9.17, 15) is 18.0 Å². The molecule has 0 aliphatic carbocycles. The van der Waals surface area contributed by atoms with Gasteiger partial charge in [0.05, 0.1) is 23.8 Å². The predicted molar refractivity (Wildman–Crippen MR) is 88.1 cm³/mol. The van der Waals surface area contributed by atoms with E-state index in [4.69, 9.17) is 9.47 Å². The molecule has 1 aromatic carbocycles. The molecule has 2 aromatic rings. The van der Waals surface area contributed by atoms with E-state index in [-0.39, 0.29) is 18.7 Å². The number of hydrogen-bond acceptors (Lipinski definition) is 5. The number of carbonyl (C=O) groups excluding carboxylic acids is 1. The minimum Gasteiger partial charge on any atom is -0.493 e. The van der Waals surface area contributed by atoms with E-state index < -0.39 is 17.7 Å². The third-order valence-electron chi connectivity index (χ3n) is 3.23. The van der Waals surface area contributed by atoms with E-state index in [0.29, 0.717) is 22.9 Å². The number of benzene rings is 1. The van der Waals surface area contributed by atoms with Crippen LogP contribution in [0.3, 0.4) is 0 Å². The summed E-state index contributed by atoms with van der Waals surface area (Å²) in [7, 11) is 0. The summed E-state index contributed by atoms with van der Waals surface area (Å²) in [6, 6.07) is 3.39. The molecule has 0 aliphatic rings. The SMILES string of the molecule is CCCOc1ccc(C(F)(F)F)cc1Cc1nc(C(=O)OCC)cs1. The van der Waals surface area contributed by atoms with Crippen LogP contribution in [0.5, 0.6) is 5.75 Å². The molecule has 0 aliphatic heterocycles. The predicted octanol–water partition coefficient (Wildman–Crippen LogP) is 4.72. The third kappa shape index (κ3) is 5.19. The maximum atomic E-state index is 13.0. The third-order valence-corrected chi connectivity index (χ3v) is 4.08. The topological polar surface area (TPSA) is 48.4 Å². The Kier molecular flexibility index (Phi) is 6.41. The molecule has 0 saturated carbocycles. The van der Waals surface area contributed by atoms with Gasteiger partial charge in [0.25, 0.3) is 0 Å². The second-order valence-electron chi connectivity index (χ2n) is 5.19.